The fraction of sp³-hybridized carbons (Fsp3) is 0.0476. The minimum atomic E-state index is -3.92. The summed E-state index contributed by atoms with van der Waals surface area (Å²) in [5.41, 5.74) is 2.29. The summed E-state index contributed by atoms with van der Waals surface area (Å²) in [6.45, 7) is 0. The first kappa shape index (κ1) is 20.0. The highest BCUT2D eigenvalue weighted by atomic mass is 32.2. The molecule has 0 unspecified atom stereocenters. The lowest BCUT2D eigenvalue weighted by Crippen LogP contribution is -2.23. The van der Waals surface area contributed by atoms with E-state index in [1.54, 1.807) is 17.4 Å². The van der Waals surface area contributed by atoms with E-state index in [0.29, 0.717) is 5.56 Å². The average molecular weight is 416 g/mol. The predicted molar refractivity (Wildman–Crippen MR) is 108 cm³/mol. The van der Waals surface area contributed by atoms with Gasteiger partial charge in [0.05, 0.1) is 0 Å². The third-order valence-corrected chi connectivity index (χ3v) is 5.64. The van der Waals surface area contributed by atoms with Gasteiger partial charge in [-0.25, -0.2) is 4.79 Å². The summed E-state index contributed by atoms with van der Waals surface area (Å²) in [6.07, 6.45) is 3.09. The molecule has 0 fully saturated rings. The highest BCUT2D eigenvalue weighted by Gasteiger charge is 2.40. The number of ketones is 1. The molecule has 0 aliphatic carbocycles. The zero-order chi connectivity index (χ0) is 20.1. The van der Waals surface area contributed by atoms with E-state index in [9.17, 15) is 18.4 Å². The number of thiophene rings is 1. The van der Waals surface area contributed by atoms with E-state index in [4.69, 9.17) is 5.11 Å². The number of carbonyl (C=O) groups is 2. The summed E-state index contributed by atoms with van der Waals surface area (Å²) < 4.78 is 26.4. The number of carboxylic acid groups (broad SMARTS) is 1. The van der Waals surface area contributed by atoms with Crippen molar-refractivity contribution in [2.45, 2.75) is 10.2 Å². The standard InChI is InChI=1S/C21H14F2O3S2/c22-21(23,20(25)26)28-17-10-8-15(9-11-17)18(24)12-5-14-3-6-16(7-4-14)19-2-1-13-27-19/h1-13H,(H,25,26). The number of carbonyl (C=O) groups excluding carboxylic acids is 1. The largest absolute Gasteiger partial charge is 0.476 e. The maximum absolute atomic E-state index is 13.2. The van der Waals surface area contributed by atoms with E-state index < -0.39 is 11.2 Å². The van der Waals surface area contributed by atoms with Gasteiger partial charge in [0.1, 0.15) is 0 Å². The van der Waals surface area contributed by atoms with Crippen molar-refractivity contribution in [1.82, 2.24) is 0 Å². The van der Waals surface area contributed by atoms with Crippen LogP contribution in [0.5, 0.6) is 0 Å². The summed E-state index contributed by atoms with van der Waals surface area (Å²) in [4.78, 5) is 23.9. The number of hydrogen-bond acceptors (Lipinski definition) is 4. The smallest absolute Gasteiger partial charge is 0.393 e. The van der Waals surface area contributed by atoms with Crippen molar-refractivity contribution in [3.8, 4) is 10.4 Å². The molecule has 3 aromatic rings. The van der Waals surface area contributed by atoms with Crippen LogP contribution < -0.4 is 0 Å². The lowest BCUT2D eigenvalue weighted by molar-refractivity contribution is -0.152. The number of thioether (sulfide) groups is 1. The zero-order valence-corrected chi connectivity index (χ0v) is 16.0. The Labute approximate surface area is 168 Å². The maximum atomic E-state index is 13.2. The van der Waals surface area contributed by atoms with Crippen molar-refractivity contribution in [2.24, 2.45) is 0 Å². The molecule has 142 valence electrons. The molecule has 1 aromatic heterocycles. The Hall–Kier alpha value is -2.77. The minimum Gasteiger partial charge on any atom is -0.476 e. The number of alkyl halides is 2. The number of halogens is 2. The van der Waals surface area contributed by atoms with Crippen LogP contribution in [0.2, 0.25) is 0 Å². The molecule has 2 aromatic carbocycles. The molecular formula is C21H14F2O3S2. The van der Waals surface area contributed by atoms with Gasteiger partial charge in [-0.05, 0) is 64.7 Å². The molecule has 0 aliphatic heterocycles. The first-order chi connectivity index (χ1) is 13.3. The van der Waals surface area contributed by atoms with Gasteiger partial charge >= 0.3 is 11.2 Å². The van der Waals surface area contributed by atoms with E-state index in [-0.39, 0.29) is 22.4 Å². The van der Waals surface area contributed by atoms with Crippen molar-refractivity contribution >= 4 is 40.9 Å². The monoisotopic (exact) mass is 416 g/mol. The first-order valence-electron chi connectivity index (χ1n) is 8.12. The van der Waals surface area contributed by atoms with E-state index >= 15 is 0 Å². The van der Waals surface area contributed by atoms with Gasteiger partial charge in [-0.3, -0.25) is 4.79 Å². The molecule has 0 saturated heterocycles. The van der Waals surface area contributed by atoms with Crippen LogP contribution >= 0.6 is 23.1 Å². The van der Waals surface area contributed by atoms with Crippen LogP contribution in [0.1, 0.15) is 15.9 Å². The SMILES string of the molecule is O=C(C=Cc1ccc(-c2cccs2)cc1)c1ccc(SC(F)(F)C(=O)O)cc1. The molecule has 28 heavy (non-hydrogen) atoms. The van der Waals surface area contributed by atoms with Crippen LogP contribution in [-0.4, -0.2) is 22.1 Å². The van der Waals surface area contributed by atoms with Crippen molar-refractivity contribution in [3.05, 3.63) is 83.2 Å². The van der Waals surface area contributed by atoms with Gasteiger partial charge in [0, 0.05) is 15.3 Å². The number of rotatable bonds is 7. The van der Waals surface area contributed by atoms with Crippen LogP contribution in [0, 0.1) is 0 Å². The maximum Gasteiger partial charge on any atom is 0.393 e. The summed E-state index contributed by atoms with van der Waals surface area (Å²) in [5, 5.41) is 6.55. The molecule has 0 saturated carbocycles. The molecule has 1 heterocycles. The molecule has 3 rings (SSSR count). The molecule has 0 amide bonds. The Morgan fingerprint density at radius 1 is 1.00 bits per heavy atom. The average Bonchev–Trinajstić information content (AvgIpc) is 3.21. The topological polar surface area (TPSA) is 54.4 Å². The second-order valence-corrected chi connectivity index (χ2v) is 7.88. The van der Waals surface area contributed by atoms with Gasteiger partial charge in [-0.2, -0.15) is 8.78 Å². The number of aliphatic carboxylic acids is 1. The Balaban J connectivity index is 1.65. The van der Waals surface area contributed by atoms with Gasteiger partial charge in [-0.15, -0.1) is 11.3 Å². The number of carboxylic acids is 1. The minimum absolute atomic E-state index is 0.0668. The lowest BCUT2D eigenvalue weighted by atomic mass is 10.1. The third kappa shape index (κ3) is 4.94. The highest BCUT2D eigenvalue weighted by molar-refractivity contribution is 8.01. The third-order valence-electron chi connectivity index (χ3n) is 3.78. The number of hydrogen-bond donors (Lipinski definition) is 1. The summed E-state index contributed by atoms with van der Waals surface area (Å²) in [5.74, 6) is -2.48. The summed E-state index contributed by atoms with van der Waals surface area (Å²) in [7, 11) is 0. The molecular weight excluding hydrogens is 402 g/mol. The number of benzene rings is 2. The summed E-state index contributed by atoms with van der Waals surface area (Å²) >= 11 is 1.57. The fourth-order valence-electron chi connectivity index (χ4n) is 2.35. The Morgan fingerprint density at radius 3 is 2.25 bits per heavy atom. The second-order valence-electron chi connectivity index (χ2n) is 5.75. The molecule has 0 radical (unpaired) electrons. The van der Waals surface area contributed by atoms with Crippen LogP contribution in [0.15, 0.2) is 77.0 Å². The van der Waals surface area contributed by atoms with Gasteiger partial charge < -0.3 is 5.11 Å². The molecule has 0 spiro atoms. The van der Waals surface area contributed by atoms with E-state index in [2.05, 4.69) is 0 Å². The highest BCUT2D eigenvalue weighted by Crippen LogP contribution is 2.36. The van der Waals surface area contributed by atoms with Gasteiger partial charge in [0.2, 0.25) is 0 Å². The molecule has 7 heteroatoms. The molecule has 0 aliphatic rings. The van der Waals surface area contributed by atoms with Crippen LogP contribution in [-0.2, 0) is 4.79 Å². The summed E-state index contributed by atoms with van der Waals surface area (Å²) in [6, 6.07) is 17.2. The van der Waals surface area contributed by atoms with E-state index in [1.807, 2.05) is 41.8 Å². The normalized spacial score (nSPS) is 11.6. The fourth-order valence-corrected chi connectivity index (χ4v) is 3.74. The molecule has 1 N–H and O–H groups in total. The number of allylic oxidation sites excluding steroid dienone is 1. The molecule has 3 nitrogen and oxygen atoms in total. The second kappa shape index (κ2) is 8.50. The van der Waals surface area contributed by atoms with Crippen LogP contribution in [0.25, 0.3) is 16.5 Å². The first-order valence-corrected chi connectivity index (χ1v) is 9.81. The van der Waals surface area contributed by atoms with Gasteiger partial charge in [0.25, 0.3) is 0 Å². The quantitative estimate of drug-likeness (QED) is 0.288. The predicted octanol–water partition coefficient (Wildman–Crippen LogP) is 6.08. The van der Waals surface area contributed by atoms with E-state index in [1.165, 1.54) is 30.3 Å². The van der Waals surface area contributed by atoms with Crippen molar-refractivity contribution < 1.29 is 23.5 Å². The van der Waals surface area contributed by atoms with Crippen molar-refractivity contribution in [2.75, 3.05) is 0 Å². The van der Waals surface area contributed by atoms with Crippen LogP contribution in [0.3, 0.4) is 0 Å². The van der Waals surface area contributed by atoms with Crippen molar-refractivity contribution in [1.29, 1.82) is 0 Å². The Bertz CT molecular complexity index is 993. The van der Waals surface area contributed by atoms with Crippen LogP contribution in [0.4, 0.5) is 8.78 Å². The van der Waals surface area contributed by atoms with E-state index in [0.717, 1.165) is 16.0 Å². The Kier molecular flexibility index (Phi) is 6.06. The van der Waals surface area contributed by atoms with Gasteiger partial charge in [-0.1, -0.05) is 36.4 Å². The zero-order valence-electron chi connectivity index (χ0n) is 14.3. The molecule has 0 atom stereocenters. The molecule has 0 bridgehead atoms. The Morgan fingerprint density at radius 2 is 1.68 bits per heavy atom. The van der Waals surface area contributed by atoms with Gasteiger partial charge in [0.15, 0.2) is 5.78 Å². The van der Waals surface area contributed by atoms with Crippen molar-refractivity contribution in [3.63, 3.8) is 0 Å². The lowest BCUT2D eigenvalue weighted by Gasteiger charge is -2.10.